The van der Waals surface area contributed by atoms with Gasteiger partial charge in [0.05, 0.1) is 6.42 Å². The lowest BCUT2D eigenvalue weighted by Gasteiger charge is -2.53. The van der Waals surface area contributed by atoms with E-state index < -0.39 is 12.1 Å². The van der Waals surface area contributed by atoms with Crippen LogP contribution in [0.25, 0.3) is 0 Å². The number of rotatable bonds is 5. The molecule has 17 heavy (non-hydrogen) atoms. The first-order valence-electron chi connectivity index (χ1n) is 6.60. The Labute approximate surface area is 102 Å². The second kappa shape index (κ2) is 4.56. The van der Waals surface area contributed by atoms with Crippen molar-refractivity contribution in [2.45, 2.75) is 45.2 Å². The SMILES string of the molecule is CCC(F)C1CC[C@H]2C1C[C@@]2(CN)CC(=O)O. The molecule has 2 aliphatic carbocycles. The van der Waals surface area contributed by atoms with Gasteiger partial charge in [-0.2, -0.15) is 0 Å². The molecule has 0 aromatic heterocycles. The standard InChI is InChI=1S/C13H22FNO2/c1-2-11(14)8-3-4-10-9(8)5-13(10,7-15)6-12(16)17/h8-11H,2-7,15H2,1H3,(H,16,17)/t8?,9?,10-,11?,13-/m0/s1. The molecule has 0 bridgehead atoms. The summed E-state index contributed by atoms with van der Waals surface area (Å²) in [4.78, 5) is 10.9. The Morgan fingerprint density at radius 2 is 2.29 bits per heavy atom. The number of halogens is 1. The molecule has 3 nitrogen and oxygen atoms in total. The zero-order chi connectivity index (χ0) is 12.6. The summed E-state index contributed by atoms with van der Waals surface area (Å²) in [7, 11) is 0. The second-order valence-corrected chi connectivity index (χ2v) is 5.78. The molecule has 98 valence electrons. The summed E-state index contributed by atoms with van der Waals surface area (Å²) >= 11 is 0. The number of alkyl halides is 1. The maximum Gasteiger partial charge on any atom is 0.303 e. The highest BCUT2D eigenvalue weighted by Crippen LogP contribution is 2.63. The fraction of sp³-hybridized carbons (Fsp3) is 0.923. The number of hydrogen-bond acceptors (Lipinski definition) is 2. The van der Waals surface area contributed by atoms with Crippen molar-refractivity contribution in [2.24, 2.45) is 28.9 Å². The molecule has 0 heterocycles. The van der Waals surface area contributed by atoms with Crippen LogP contribution in [-0.2, 0) is 4.79 Å². The number of aliphatic carboxylic acids is 1. The van der Waals surface area contributed by atoms with Gasteiger partial charge in [0.15, 0.2) is 0 Å². The summed E-state index contributed by atoms with van der Waals surface area (Å²) in [5, 5.41) is 8.96. The van der Waals surface area contributed by atoms with Crippen LogP contribution in [0, 0.1) is 23.2 Å². The summed E-state index contributed by atoms with van der Waals surface area (Å²) in [6.45, 7) is 2.31. The quantitative estimate of drug-likeness (QED) is 0.778. The number of carbonyl (C=O) groups is 1. The highest BCUT2D eigenvalue weighted by Gasteiger charge is 2.59. The van der Waals surface area contributed by atoms with Crippen LogP contribution in [0.2, 0.25) is 0 Å². The monoisotopic (exact) mass is 243 g/mol. The molecule has 0 aromatic carbocycles. The Balaban J connectivity index is 2.03. The van der Waals surface area contributed by atoms with Crippen LogP contribution in [0.5, 0.6) is 0 Å². The number of carboxylic acids is 1. The van der Waals surface area contributed by atoms with E-state index in [2.05, 4.69) is 0 Å². The van der Waals surface area contributed by atoms with Crippen LogP contribution in [0.15, 0.2) is 0 Å². The first kappa shape index (κ1) is 12.8. The van der Waals surface area contributed by atoms with E-state index in [1.165, 1.54) is 0 Å². The Bertz CT molecular complexity index is 310. The minimum Gasteiger partial charge on any atom is -0.481 e. The van der Waals surface area contributed by atoms with Gasteiger partial charge in [0.2, 0.25) is 0 Å². The van der Waals surface area contributed by atoms with Crippen molar-refractivity contribution in [1.82, 2.24) is 0 Å². The molecule has 0 saturated heterocycles. The topological polar surface area (TPSA) is 63.3 Å². The zero-order valence-corrected chi connectivity index (χ0v) is 10.4. The van der Waals surface area contributed by atoms with Gasteiger partial charge >= 0.3 is 5.97 Å². The molecule has 0 spiro atoms. The minimum absolute atomic E-state index is 0.151. The number of nitrogens with two attached hydrogens (primary N) is 1. The average Bonchev–Trinajstić information content (AvgIpc) is 2.63. The molecule has 2 aliphatic rings. The van der Waals surface area contributed by atoms with Gasteiger partial charge in [0, 0.05) is 0 Å². The van der Waals surface area contributed by atoms with Crippen LogP contribution in [0.3, 0.4) is 0 Å². The Morgan fingerprint density at radius 3 is 2.82 bits per heavy atom. The molecule has 3 N–H and O–H groups in total. The van der Waals surface area contributed by atoms with Gasteiger partial charge in [-0.25, -0.2) is 4.39 Å². The second-order valence-electron chi connectivity index (χ2n) is 5.78. The van der Waals surface area contributed by atoms with Gasteiger partial charge in [-0.05, 0) is 55.4 Å². The van der Waals surface area contributed by atoms with Crippen LogP contribution in [-0.4, -0.2) is 23.8 Å². The van der Waals surface area contributed by atoms with Crippen molar-refractivity contribution < 1.29 is 14.3 Å². The van der Waals surface area contributed by atoms with E-state index in [0.717, 1.165) is 19.3 Å². The van der Waals surface area contributed by atoms with Gasteiger partial charge in [-0.1, -0.05) is 6.92 Å². The molecule has 2 rings (SSSR count). The minimum atomic E-state index is -0.773. The van der Waals surface area contributed by atoms with Crippen LogP contribution < -0.4 is 5.73 Å². The van der Waals surface area contributed by atoms with Crippen molar-refractivity contribution >= 4 is 5.97 Å². The Morgan fingerprint density at radius 1 is 1.59 bits per heavy atom. The van der Waals surface area contributed by atoms with Crippen LogP contribution >= 0.6 is 0 Å². The maximum absolute atomic E-state index is 13.8. The van der Waals surface area contributed by atoms with Crippen molar-refractivity contribution in [1.29, 1.82) is 0 Å². The molecule has 0 amide bonds. The fourth-order valence-corrected chi connectivity index (χ4v) is 4.18. The molecule has 2 saturated carbocycles. The van der Waals surface area contributed by atoms with Gasteiger partial charge < -0.3 is 10.8 Å². The molecule has 5 atom stereocenters. The molecular formula is C13H22FNO2. The molecular weight excluding hydrogens is 221 g/mol. The Kier molecular flexibility index (Phi) is 3.43. The van der Waals surface area contributed by atoms with E-state index in [9.17, 15) is 9.18 Å². The van der Waals surface area contributed by atoms with Crippen molar-refractivity contribution in [3.63, 3.8) is 0 Å². The third kappa shape index (κ3) is 1.96. The van der Waals surface area contributed by atoms with E-state index in [0.29, 0.717) is 24.8 Å². The van der Waals surface area contributed by atoms with E-state index in [4.69, 9.17) is 10.8 Å². The summed E-state index contributed by atoms with van der Waals surface area (Å²) in [6, 6.07) is 0. The molecule has 4 heteroatoms. The maximum atomic E-state index is 13.8. The van der Waals surface area contributed by atoms with E-state index in [1.807, 2.05) is 6.92 Å². The lowest BCUT2D eigenvalue weighted by molar-refractivity contribution is -0.146. The fourth-order valence-electron chi connectivity index (χ4n) is 4.18. The van der Waals surface area contributed by atoms with Gasteiger partial charge in [0.1, 0.15) is 6.17 Å². The van der Waals surface area contributed by atoms with Gasteiger partial charge in [0.25, 0.3) is 0 Å². The van der Waals surface area contributed by atoms with E-state index >= 15 is 0 Å². The third-order valence-electron chi connectivity index (χ3n) is 5.07. The molecule has 3 unspecified atom stereocenters. The molecule has 2 fully saturated rings. The van der Waals surface area contributed by atoms with Gasteiger partial charge in [-0.3, -0.25) is 4.79 Å². The smallest absolute Gasteiger partial charge is 0.303 e. The predicted octanol–water partition coefficient (Wildman–Crippen LogP) is 2.20. The van der Waals surface area contributed by atoms with Crippen molar-refractivity contribution in [2.75, 3.05) is 6.54 Å². The highest BCUT2D eigenvalue weighted by molar-refractivity contribution is 5.68. The highest BCUT2D eigenvalue weighted by atomic mass is 19.1. The molecule has 0 radical (unpaired) electrons. The van der Waals surface area contributed by atoms with Crippen molar-refractivity contribution in [3.05, 3.63) is 0 Å². The zero-order valence-electron chi connectivity index (χ0n) is 10.4. The first-order chi connectivity index (χ1) is 8.04. The van der Waals surface area contributed by atoms with Gasteiger partial charge in [-0.15, -0.1) is 0 Å². The van der Waals surface area contributed by atoms with Crippen LogP contribution in [0.4, 0.5) is 4.39 Å². The number of carboxylic acid groups (broad SMARTS) is 1. The van der Waals surface area contributed by atoms with Crippen LogP contribution in [0.1, 0.15) is 39.0 Å². The third-order valence-corrected chi connectivity index (χ3v) is 5.07. The predicted molar refractivity (Wildman–Crippen MR) is 63.2 cm³/mol. The summed E-state index contributed by atoms with van der Waals surface area (Å²) in [5.74, 6) is 0.106. The van der Waals surface area contributed by atoms with E-state index in [-0.39, 0.29) is 17.8 Å². The lowest BCUT2D eigenvalue weighted by Crippen LogP contribution is -2.53. The average molecular weight is 243 g/mol. The summed E-state index contributed by atoms with van der Waals surface area (Å²) in [6.07, 6.45) is 2.69. The van der Waals surface area contributed by atoms with Crippen molar-refractivity contribution in [3.8, 4) is 0 Å². The largest absolute Gasteiger partial charge is 0.481 e. The molecule has 0 aromatic rings. The first-order valence-corrected chi connectivity index (χ1v) is 6.60. The Hall–Kier alpha value is -0.640. The van der Waals surface area contributed by atoms with E-state index in [1.54, 1.807) is 0 Å². The normalized spacial score (nSPS) is 41.7. The molecule has 0 aliphatic heterocycles. The summed E-state index contributed by atoms with van der Waals surface area (Å²) < 4.78 is 13.8. The number of fused-ring (bicyclic) bond motifs is 1. The lowest BCUT2D eigenvalue weighted by atomic mass is 9.52. The summed E-state index contributed by atoms with van der Waals surface area (Å²) in [5.41, 5.74) is 5.53. The number of hydrogen-bond donors (Lipinski definition) is 2.